The first-order chi connectivity index (χ1) is 16.1. The molecule has 3 heterocycles. The minimum absolute atomic E-state index is 0.0530. The minimum Gasteiger partial charge on any atom is -0.356 e. The lowest BCUT2D eigenvalue weighted by Crippen LogP contribution is -2.44. The second-order valence-corrected chi connectivity index (χ2v) is 9.34. The molecule has 0 saturated carbocycles. The molecule has 4 aromatic rings. The number of aromatic amines is 1. The van der Waals surface area contributed by atoms with Crippen LogP contribution in [0.3, 0.4) is 0 Å². The fraction of sp³-hybridized carbons (Fsp3) is 0.214. The van der Waals surface area contributed by atoms with E-state index in [1.165, 1.54) is 22.1 Å². The fourth-order valence-electron chi connectivity index (χ4n) is 5.29. The first-order valence-electron chi connectivity index (χ1n) is 11.5. The summed E-state index contributed by atoms with van der Waals surface area (Å²) >= 11 is 5.99. The first kappa shape index (κ1) is 20.2. The number of nitrogens with zero attached hydrogens (tertiary/aromatic N) is 2. The molecule has 0 radical (unpaired) electrons. The number of carbonyl (C=O) groups is 1. The van der Waals surface area contributed by atoms with Gasteiger partial charge in [0.15, 0.2) is 5.11 Å². The molecule has 1 amide bonds. The van der Waals surface area contributed by atoms with Gasteiger partial charge in [-0.1, -0.05) is 67.1 Å². The summed E-state index contributed by atoms with van der Waals surface area (Å²) in [5, 5.41) is 1.76. The lowest BCUT2D eigenvalue weighted by molar-refractivity contribution is -0.120. The Morgan fingerprint density at radius 1 is 1.00 bits per heavy atom. The number of fused-ring (bicyclic) bond motifs is 4. The van der Waals surface area contributed by atoms with E-state index < -0.39 is 0 Å². The van der Waals surface area contributed by atoms with Crippen LogP contribution in [-0.4, -0.2) is 26.9 Å². The minimum atomic E-state index is -0.318. The smallest absolute Gasteiger partial charge is 0.256 e. The van der Waals surface area contributed by atoms with Crippen LogP contribution >= 0.6 is 12.2 Å². The van der Waals surface area contributed by atoms with Crippen molar-refractivity contribution in [1.29, 1.82) is 0 Å². The maximum absolute atomic E-state index is 13.8. The first-order valence-corrected chi connectivity index (χ1v) is 11.9. The van der Waals surface area contributed by atoms with Crippen molar-refractivity contribution in [1.82, 2.24) is 9.88 Å². The van der Waals surface area contributed by atoms with E-state index in [2.05, 4.69) is 78.3 Å². The maximum Gasteiger partial charge on any atom is 0.256 e. The van der Waals surface area contributed by atoms with E-state index in [9.17, 15) is 4.79 Å². The molecular weight excluding hydrogens is 426 g/mol. The largest absolute Gasteiger partial charge is 0.356 e. The molecule has 1 saturated heterocycles. The molecule has 2 aliphatic heterocycles. The molecule has 0 aliphatic carbocycles. The highest BCUT2D eigenvalue weighted by molar-refractivity contribution is 7.80. The molecule has 0 bridgehead atoms. The molecule has 2 atom stereocenters. The summed E-state index contributed by atoms with van der Waals surface area (Å²) in [5.74, 6) is 0.0530. The molecule has 2 aliphatic rings. The highest BCUT2D eigenvalue weighted by Crippen LogP contribution is 2.44. The molecule has 5 heteroatoms. The number of hydrogen-bond donors (Lipinski definition) is 1. The Morgan fingerprint density at radius 3 is 2.45 bits per heavy atom. The zero-order valence-electron chi connectivity index (χ0n) is 18.7. The van der Waals surface area contributed by atoms with E-state index in [0.29, 0.717) is 11.5 Å². The van der Waals surface area contributed by atoms with Crippen LogP contribution in [0.1, 0.15) is 40.9 Å². The van der Waals surface area contributed by atoms with Gasteiger partial charge in [-0.25, -0.2) is 0 Å². The topological polar surface area (TPSA) is 39.3 Å². The van der Waals surface area contributed by atoms with Gasteiger partial charge in [0.2, 0.25) is 0 Å². The van der Waals surface area contributed by atoms with Crippen molar-refractivity contribution in [3.05, 3.63) is 101 Å². The van der Waals surface area contributed by atoms with Gasteiger partial charge in [0, 0.05) is 23.0 Å². The highest BCUT2D eigenvalue weighted by atomic mass is 32.1. The Morgan fingerprint density at radius 2 is 1.73 bits per heavy atom. The summed E-state index contributed by atoms with van der Waals surface area (Å²) in [4.78, 5) is 21.3. The second-order valence-electron chi connectivity index (χ2n) is 8.98. The third-order valence-electron chi connectivity index (χ3n) is 7.04. The number of nitrogens with one attached hydrogen (secondary N) is 1. The zero-order valence-corrected chi connectivity index (χ0v) is 19.5. The van der Waals surface area contributed by atoms with E-state index in [1.807, 2.05) is 18.2 Å². The molecule has 164 valence electrons. The number of H-pyrrole nitrogens is 1. The number of hydrogen-bond acceptors (Lipinski definition) is 2. The SMILES string of the molecule is CCc1ccc(N2C(=O)[C@H]3Cc4c([nH]c5ccccc45)[C@H](c4ccc(C)cc4)N3C2=S)cc1. The third kappa shape index (κ3) is 3.03. The van der Waals surface area contributed by atoms with Crippen molar-refractivity contribution in [2.75, 3.05) is 4.90 Å². The van der Waals surface area contributed by atoms with Crippen molar-refractivity contribution < 1.29 is 4.79 Å². The molecule has 1 aromatic heterocycles. The van der Waals surface area contributed by atoms with Crippen molar-refractivity contribution in [2.24, 2.45) is 0 Å². The number of aromatic nitrogens is 1. The van der Waals surface area contributed by atoms with Gasteiger partial charge in [-0.2, -0.15) is 0 Å². The number of carbonyl (C=O) groups excluding carboxylic acids is 1. The number of benzene rings is 3. The van der Waals surface area contributed by atoms with E-state index in [0.717, 1.165) is 28.9 Å². The summed E-state index contributed by atoms with van der Waals surface area (Å²) in [7, 11) is 0. The summed E-state index contributed by atoms with van der Waals surface area (Å²) in [6.45, 7) is 4.22. The molecule has 0 spiro atoms. The average molecular weight is 452 g/mol. The molecule has 3 aromatic carbocycles. The van der Waals surface area contributed by atoms with E-state index >= 15 is 0 Å². The van der Waals surface area contributed by atoms with Gasteiger partial charge >= 0.3 is 0 Å². The number of para-hydroxylation sites is 1. The van der Waals surface area contributed by atoms with E-state index in [-0.39, 0.29) is 18.0 Å². The molecule has 1 fully saturated rings. The summed E-state index contributed by atoms with van der Waals surface area (Å²) in [6, 6.07) is 24.7. The molecule has 6 rings (SSSR count). The van der Waals surface area contributed by atoms with Gasteiger partial charge < -0.3 is 9.88 Å². The van der Waals surface area contributed by atoms with Crippen molar-refractivity contribution in [3.63, 3.8) is 0 Å². The number of anilines is 1. The van der Waals surface area contributed by atoms with Crippen LogP contribution in [0.4, 0.5) is 5.69 Å². The Hall–Kier alpha value is -3.44. The van der Waals surface area contributed by atoms with Crippen LogP contribution in [-0.2, 0) is 17.6 Å². The highest BCUT2D eigenvalue weighted by Gasteiger charge is 2.50. The molecule has 0 unspecified atom stereocenters. The predicted octanol–water partition coefficient (Wildman–Crippen LogP) is 5.69. The lowest BCUT2D eigenvalue weighted by Gasteiger charge is -2.37. The van der Waals surface area contributed by atoms with Gasteiger partial charge in [-0.3, -0.25) is 9.69 Å². The summed E-state index contributed by atoms with van der Waals surface area (Å²) in [5.41, 5.74) is 7.88. The van der Waals surface area contributed by atoms with Crippen LogP contribution in [0.15, 0.2) is 72.8 Å². The third-order valence-corrected chi connectivity index (χ3v) is 7.44. The molecule has 33 heavy (non-hydrogen) atoms. The van der Waals surface area contributed by atoms with Crippen LogP contribution in [0.25, 0.3) is 10.9 Å². The Balaban J connectivity index is 1.51. The monoisotopic (exact) mass is 451 g/mol. The Labute approximate surface area is 198 Å². The number of rotatable bonds is 3. The fourth-order valence-corrected chi connectivity index (χ4v) is 5.72. The maximum atomic E-state index is 13.8. The lowest BCUT2D eigenvalue weighted by atomic mass is 9.88. The normalized spacial score (nSPS) is 19.8. The van der Waals surface area contributed by atoms with Crippen LogP contribution in [0.5, 0.6) is 0 Å². The van der Waals surface area contributed by atoms with E-state index in [1.54, 1.807) is 4.90 Å². The second kappa shape index (κ2) is 7.56. The molecule has 4 nitrogen and oxygen atoms in total. The number of thiocarbonyl (C=S) groups is 1. The van der Waals surface area contributed by atoms with Gasteiger partial charge in [-0.15, -0.1) is 0 Å². The van der Waals surface area contributed by atoms with Crippen molar-refractivity contribution >= 4 is 39.8 Å². The number of aryl methyl sites for hydroxylation is 2. The number of amides is 1. The zero-order chi connectivity index (χ0) is 22.7. The summed E-state index contributed by atoms with van der Waals surface area (Å²) < 4.78 is 0. The van der Waals surface area contributed by atoms with Crippen LogP contribution in [0, 0.1) is 6.92 Å². The van der Waals surface area contributed by atoms with Gasteiger partial charge in [0.05, 0.1) is 11.7 Å². The standard InChI is InChI=1S/C28H25N3OS/c1-3-18-10-14-20(15-11-18)30-27(32)24-16-22-21-6-4-5-7-23(21)29-25(22)26(31(24)28(30)33)19-12-8-17(2)9-13-19/h4-15,24,26,29H,3,16H2,1-2H3/t24-,26+/m1/s1. The van der Waals surface area contributed by atoms with Crippen molar-refractivity contribution in [3.8, 4) is 0 Å². The van der Waals surface area contributed by atoms with Gasteiger partial charge in [0.25, 0.3) is 5.91 Å². The van der Waals surface area contributed by atoms with E-state index in [4.69, 9.17) is 12.2 Å². The van der Waals surface area contributed by atoms with Gasteiger partial charge in [0.1, 0.15) is 6.04 Å². The Kier molecular flexibility index (Phi) is 4.63. The average Bonchev–Trinajstić information content (AvgIpc) is 3.33. The molecular formula is C28H25N3OS. The van der Waals surface area contributed by atoms with Gasteiger partial charge in [-0.05, 0) is 60.5 Å². The predicted molar refractivity (Wildman–Crippen MR) is 137 cm³/mol. The molecule has 1 N–H and O–H groups in total. The quantitative estimate of drug-likeness (QED) is 0.407. The Bertz CT molecular complexity index is 1390. The summed E-state index contributed by atoms with van der Waals surface area (Å²) in [6.07, 6.45) is 1.61. The van der Waals surface area contributed by atoms with Crippen LogP contribution < -0.4 is 4.90 Å². The van der Waals surface area contributed by atoms with Crippen molar-refractivity contribution in [2.45, 2.75) is 38.8 Å². The van der Waals surface area contributed by atoms with Crippen LogP contribution in [0.2, 0.25) is 0 Å².